The number of aromatic nitrogens is 4. The van der Waals surface area contributed by atoms with Crippen LogP contribution in [0.3, 0.4) is 0 Å². The molecule has 6 heterocycles. The van der Waals surface area contributed by atoms with Crippen molar-refractivity contribution in [3.8, 4) is 0 Å². The lowest BCUT2D eigenvalue weighted by atomic mass is 9.98. The summed E-state index contributed by atoms with van der Waals surface area (Å²) in [5.41, 5.74) is 14.8. The molecule has 6 rings (SSSR count). The smallest absolute Gasteiger partial charge is 0.303 e. The number of rotatable bonds is 15. The van der Waals surface area contributed by atoms with Gasteiger partial charge >= 0.3 is 23.9 Å². The third-order valence-electron chi connectivity index (χ3n) is 12.2. The lowest BCUT2D eigenvalue weighted by molar-refractivity contribution is -0.237. The summed E-state index contributed by atoms with van der Waals surface area (Å²) in [5.74, 6) is -2.25. The fourth-order valence-electron chi connectivity index (χ4n) is 8.70. The van der Waals surface area contributed by atoms with Gasteiger partial charge in [0.05, 0.1) is 22.8 Å². The van der Waals surface area contributed by atoms with Crippen LogP contribution in [0.15, 0.2) is 30.8 Å². The molecule has 5 atom stereocenters. The topological polar surface area (TPSA) is 192 Å². The summed E-state index contributed by atoms with van der Waals surface area (Å²) in [6, 6.07) is 8.44. The van der Waals surface area contributed by atoms with E-state index < -0.39 is 53.7 Å². The Morgan fingerprint density at radius 3 is 2.00 bits per heavy atom. The van der Waals surface area contributed by atoms with Crippen molar-refractivity contribution in [2.45, 2.75) is 125 Å². The minimum absolute atomic E-state index is 0.0487. The first-order chi connectivity index (χ1) is 31.3. The zero-order chi connectivity index (χ0) is 48.1. The normalized spacial score (nSPS) is 19.3. The summed E-state index contributed by atoms with van der Waals surface area (Å²) in [6.45, 7) is 21.6. The average molecular weight is 924 g/mol. The molecule has 0 aliphatic carbocycles. The van der Waals surface area contributed by atoms with E-state index in [0.717, 1.165) is 90.2 Å². The highest BCUT2D eigenvalue weighted by atomic mass is 32.2. The van der Waals surface area contributed by atoms with E-state index in [1.165, 1.54) is 45.0 Å². The zero-order valence-electron chi connectivity index (χ0n) is 39.8. The number of allylic oxidation sites excluding steroid dienone is 4. The van der Waals surface area contributed by atoms with Gasteiger partial charge in [0.2, 0.25) is 5.91 Å². The monoisotopic (exact) mass is 923 g/mol. The number of hydrogen-bond donors (Lipinski definition) is 2. The van der Waals surface area contributed by atoms with Crippen LogP contribution in [0.25, 0.3) is 50.4 Å². The number of aryl methyl sites for hydroxylation is 3. The molecule has 3 aliphatic heterocycles. The van der Waals surface area contributed by atoms with Crippen LogP contribution in [0.5, 0.6) is 0 Å². The lowest BCUT2D eigenvalue weighted by Crippen LogP contribution is -2.61. The maximum atomic E-state index is 13.8. The van der Waals surface area contributed by atoms with Crippen molar-refractivity contribution >= 4 is 92.0 Å². The van der Waals surface area contributed by atoms with Gasteiger partial charge in [0.25, 0.3) is 0 Å². The first kappa shape index (κ1) is 49.4. The molecule has 66 heavy (non-hydrogen) atoms. The van der Waals surface area contributed by atoms with Crippen LogP contribution in [0, 0.1) is 20.8 Å². The number of nitrogens with zero attached hydrogens (tertiary/aromatic N) is 3. The number of thioether (sulfide) groups is 1. The number of ether oxygens (including phenoxy) is 5. The highest BCUT2D eigenvalue weighted by Crippen LogP contribution is 2.39. The van der Waals surface area contributed by atoms with E-state index in [9.17, 15) is 24.0 Å². The average Bonchev–Trinajstić information content (AvgIpc) is 3.96. The van der Waals surface area contributed by atoms with Crippen LogP contribution in [-0.4, -0.2) is 110 Å². The third kappa shape index (κ3) is 11.0. The molecule has 1 amide bonds. The Balaban J connectivity index is 1.23. The minimum Gasteiger partial charge on any atom is -0.463 e. The van der Waals surface area contributed by atoms with E-state index in [-0.39, 0.29) is 18.9 Å². The fraction of sp³-hybridized carbons (Fsp3) is 0.460. The predicted octanol–water partition coefficient (Wildman–Crippen LogP) is 8.60. The molecule has 8 bridgehead atoms. The summed E-state index contributed by atoms with van der Waals surface area (Å²) in [4.78, 5) is 81.5. The number of amides is 1. The quantitative estimate of drug-likeness (QED) is 0.0838. The molecular weight excluding hydrogens is 863 g/mol. The third-order valence-corrected chi connectivity index (χ3v) is 13.4. The van der Waals surface area contributed by atoms with Gasteiger partial charge in [-0.1, -0.05) is 19.6 Å². The van der Waals surface area contributed by atoms with Crippen molar-refractivity contribution in [2.24, 2.45) is 0 Å². The molecule has 0 saturated carbocycles. The zero-order valence-corrected chi connectivity index (χ0v) is 40.6. The van der Waals surface area contributed by atoms with E-state index in [2.05, 4.69) is 82.4 Å². The Bertz CT molecular complexity index is 2680. The van der Waals surface area contributed by atoms with E-state index >= 15 is 0 Å². The van der Waals surface area contributed by atoms with Crippen molar-refractivity contribution in [1.29, 1.82) is 0 Å². The maximum absolute atomic E-state index is 13.8. The number of fused-ring (bicyclic) bond motifs is 8. The fourth-order valence-corrected chi connectivity index (χ4v) is 9.85. The van der Waals surface area contributed by atoms with Crippen molar-refractivity contribution in [3.63, 3.8) is 0 Å². The number of esters is 4. The summed E-state index contributed by atoms with van der Waals surface area (Å²) in [6.07, 6.45) is -0.711. The first-order valence-corrected chi connectivity index (χ1v) is 23.3. The van der Waals surface area contributed by atoms with E-state index in [1.807, 2.05) is 6.08 Å². The van der Waals surface area contributed by atoms with Gasteiger partial charge in [-0.15, -0.1) is 11.8 Å². The molecule has 1 saturated heterocycles. The molecule has 0 spiro atoms. The van der Waals surface area contributed by atoms with Gasteiger partial charge in [-0.25, -0.2) is 9.97 Å². The Kier molecular flexibility index (Phi) is 15.8. The number of carbonyl (C=O) groups excluding carboxylic acids is 5. The summed E-state index contributed by atoms with van der Waals surface area (Å²) in [5, 5.41) is 0. The molecule has 0 unspecified atom stereocenters. The Labute approximate surface area is 389 Å². The standard InChI is InChI=1S/C50H61N5O10S/c1-13-34-27(5)40-23-43-35(14-2)26(4)39(52-43)22-41-28(6)36(46(54-41)29(7)38-20-25(3)37(51-38)21-42(34)53-40)16-17-45(60)55(12)18-15-19-66-50-49(64-33(11)59)48(63-32(10)58)47(62-31(9)57)44(65-50)24-61-30(8)56/h14,20-23,44,47-52H,2,13,15-19,24H2,1,3-12H3/t44-,47-,48+,49+,50-/m1/s1. The molecule has 3 aromatic rings. The molecule has 1 fully saturated rings. The van der Waals surface area contributed by atoms with Crippen LogP contribution >= 0.6 is 11.8 Å². The maximum Gasteiger partial charge on any atom is 0.303 e. The SMILES string of the molecule is C=Cc1c(C)c2cc3nc(c(C)c4cc(C)c(cc5nc(cc1[nH]2)C(C)=C5CC)[nH]4)C(CCC(=O)N(C)CCCS[C@H]1O[C@H](COC(C)=O)[C@@H](OC(C)=O)[C@H](OC(C)=O)[C@@H]1OC(C)=O)=C3C. The van der Waals surface area contributed by atoms with Crippen LogP contribution in [0.4, 0.5) is 0 Å². The number of hydrogen-bond acceptors (Lipinski definition) is 13. The van der Waals surface area contributed by atoms with Crippen LogP contribution in [-0.2, 0) is 47.7 Å². The van der Waals surface area contributed by atoms with Gasteiger partial charge < -0.3 is 38.6 Å². The number of H-pyrrole nitrogens is 2. The van der Waals surface area contributed by atoms with Crippen molar-refractivity contribution < 1.29 is 47.7 Å². The lowest BCUT2D eigenvalue weighted by Gasteiger charge is -2.44. The van der Waals surface area contributed by atoms with Crippen LogP contribution in [0.1, 0.15) is 119 Å². The molecule has 3 aromatic heterocycles. The number of aromatic amines is 2. The van der Waals surface area contributed by atoms with Crippen LogP contribution < -0.4 is 0 Å². The van der Waals surface area contributed by atoms with E-state index in [4.69, 9.17) is 33.7 Å². The molecule has 0 radical (unpaired) electrons. The van der Waals surface area contributed by atoms with Gasteiger partial charge in [-0.2, -0.15) is 0 Å². The van der Waals surface area contributed by atoms with Gasteiger partial charge in [0, 0.05) is 75.3 Å². The van der Waals surface area contributed by atoms with Crippen LogP contribution in [0.2, 0.25) is 0 Å². The molecular formula is C50H61N5O10S. The summed E-state index contributed by atoms with van der Waals surface area (Å²) < 4.78 is 28.1. The van der Waals surface area contributed by atoms with Gasteiger partial charge in [-0.05, 0) is 123 Å². The Morgan fingerprint density at radius 2 is 1.35 bits per heavy atom. The van der Waals surface area contributed by atoms with Crippen molar-refractivity contribution in [3.05, 3.63) is 75.9 Å². The second-order valence-corrected chi connectivity index (χ2v) is 18.1. The molecule has 3 aliphatic rings. The largest absolute Gasteiger partial charge is 0.463 e. The summed E-state index contributed by atoms with van der Waals surface area (Å²) >= 11 is 1.28. The molecule has 0 aromatic carbocycles. The Hall–Kier alpha value is -6.00. The van der Waals surface area contributed by atoms with Crippen molar-refractivity contribution in [2.75, 3.05) is 26.0 Å². The molecule has 2 N–H and O–H groups in total. The molecule has 15 nitrogen and oxygen atoms in total. The van der Waals surface area contributed by atoms with E-state index in [1.54, 1.807) is 11.9 Å². The molecule has 16 heteroatoms. The number of carbonyl (C=O) groups is 5. The molecule has 352 valence electrons. The predicted molar refractivity (Wildman–Crippen MR) is 256 cm³/mol. The first-order valence-electron chi connectivity index (χ1n) is 22.2. The second-order valence-electron chi connectivity index (χ2n) is 16.9. The minimum atomic E-state index is -1.24. The Morgan fingerprint density at radius 1 is 0.758 bits per heavy atom. The highest BCUT2D eigenvalue weighted by Gasteiger charge is 2.52. The van der Waals surface area contributed by atoms with Crippen molar-refractivity contribution in [1.82, 2.24) is 24.8 Å². The second kappa shape index (κ2) is 21.1. The van der Waals surface area contributed by atoms with Gasteiger partial charge in [0.15, 0.2) is 18.3 Å². The summed E-state index contributed by atoms with van der Waals surface area (Å²) in [7, 11) is 1.76. The van der Waals surface area contributed by atoms with E-state index in [0.29, 0.717) is 25.1 Å². The van der Waals surface area contributed by atoms with Gasteiger partial charge in [0.1, 0.15) is 18.1 Å². The van der Waals surface area contributed by atoms with Gasteiger partial charge in [-0.3, -0.25) is 24.0 Å². The highest BCUT2D eigenvalue weighted by molar-refractivity contribution is 7.99. The number of nitrogens with one attached hydrogen (secondary N) is 2.